The Bertz CT molecular complexity index is 1100. The van der Waals surface area contributed by atoms with E-state index in [2.05, 4.69) is 0 Å². The highest BCUT2D eigenvalue weighted by atomic mass is 35.5. The molecule has 1 heterocycles. The summed E-state index contributed by atoms with van der Waals surface area (Å²) in [5.74, 6) is 0. The number of hydrogen-bond donors (Lipinski definition) is 0. The average molecular weight is 474 g/mol. The van der Waals surface area contributed by atoms with Gasteiger partial charge in [-0.2, -0.15) is 22.7 Å². The van der Waals surface area contributed by atoms with Crippen molar-refractivity contribution in [3.05, 3.63) is 58.6 Å². The number of benzene rings is 2. The summed E-state index contributed by atoms with van der Waals surface area (Å²) in [6.07, 6.45) is -4.69. The van der Waals surface area contributed by atoms with Gasteiger partial charge < -0.3 is 9.64 Å². The number of methoxy groups -OCH3 is 1. The van der Waals surface area contributed by atoms with Crippen LogP contribution >= 0.6 is 11.6 Å². The SMILES string of the molecule is COCC1CN(S(=O)(=O)c2ccccc2Cl)CCN1c1ccc(C#N)c(C(F)(F)F)c1. The minimum absolute atomic E-state index is 0.00273. The lowest BCUT2D eigenvalue weighted by Gasteiger charge is -2.42. The van der Waals surface area contributed by atoms with E-state index in [0.29, 0.717) is 0 Å². The van der Waals surface area contributed by atoms with Crippen LogP contribution in [0, 0.1) is 11.3 Å². The van der Waals surface area contributed by atoms with Gasteiger partial charge in [0, 0.05) is 32.4 Å². The van der Waals surface area contributed by atoms with Crippen LogP contribution < -0.4 is 4.90 Å². The van der Waals surface area contributed by atoms with Crippen molar-refractivity contribution in [2.24, 2.45) is 0 Å². The monoisotopic (exact) mass is 473 g/mol. The van der Waals surface area contributed by atoms with Crippen LogP contribution in [0.25, 0.3) is 0 Å². The van der Waals surface area contributed by atoms with Crippen molar-refractivity contribution in [2.75, 3.05) is 38.3 Å². The van der Waals surface area contributed by atoms with Gasteiger partial charge in [0.25, 0.3) is 0 Å². The van der Waals surface area contributed by atoms with E-state index in [4.69, 9.17) is 21.6 Å². The van der Waals surface area contributed by atoms with Crippen LogP contribution in [-0.2, 0) is 20.9 Å². The number of anilines is 1. The summed E-state index contributed by atoms with van der Waals surface area (Å²) in [4.78, 5) is 1.64. The molecule has 0 aliphatic carbocycles. The first-order chi connectivity index (χ1) is 14.6. The summed E-state index contributed by atoms with van der Waals surface area (Å²) in [7, 11) is -2.47. The number of alkyl halides is 3. The second-order valence-corrected chi connectivity index (χ2v) is 9.25. The zero-order chi connectivity index (χ0) is 22.8. The largest absolute Gasteiger partial charge is 0.417 e. The molecule has 2 aromatic rings. The van der Waals surface area contributed by atoms with Crippen molar-refractivity contribution in [3.8, 4) is 6.07 Å². The lowest BCUT2D eigenvalue weighted by Crippen LogP contribution is -2.56. The molecule has 0 aromatic heterocycles. The van der Waals surface area contributed by atoms with Crippen LogP contribution in [0.4, 0.5) is 18.9 Å². The lowest BCUT2D eigenvalue weighted by molar-refractivity contribution is -0.137. The first kappa shape index (κ1) is 23.3. The van der Waals surface area contributed by atoms with Gasteiger partial charge in [0.15, 0.2) is 0 Å². The van der Waals surface area contributed by atoms with E-state index in [1.807, 2.05) is 0 Å². The molecule has 1 aliphatic rings. The molecule has 0 N–H and O–H groups in total. The van der Waals surface area contributed by atoms with Gasteiger partial charge in [-0.1, -0.05) is 23.7 Å². The second kappa shape index (κ2) is 9.04. The van der Waals surface area contributed by atoms with E-state index in [9.17, 15) is 21.6 Å². The number of ether oxygens (including phenoxy) is 1. The molecule has 0 bridgehead atoms. The van der Waals surface area contributed by atoms with Crippen molar-refractivity contribution < 1.29 is 26.3 Å². The van der Waals surface area contributed by atoms with Gasteiger partial charge in [-0.15, -0.1) is 0 Å². The highest BCUT2D eigenvalue weighted by Crippen LogP contribution is 2.36. The van der Waals surface area contributed by atoms with Gasteiger partial charge >= 0.3 is 6.18 Å². The van der Waals surface area contributed by atoms with Crippen molar-refractivity contribution in [2.45, 2.75) is 17.1 Å². The molecule has 0 amide bonds. The molecule has 166 valence electrons. The van der Waals surface area contributed by atoms with Crippen LogP contribution in [-0.4, -0.2) is 52.1 Å². The fourth-order valence-corrected chi connectivity index (χ4v) is 5.52. The Morgan fingerprint density at radius 2 is 1.94 bits per heavy atom. The number of hydrogen-bond acceptors (Lipinski definition) is 5. The van der Waals surface area contributed by atoms with E-state index in [1.165, 1.54) is 29.6 Å². The Hall–Kier alpha value is -2.32. The van der Waals surface area contributed by atoms with E-state index in [1.54, 1.807) is 23.1 Å². The molecule has 0 radical (unpaired) electrons. The zero-order valence-corrected chi connectivity index (χ0v) is 18.0. The summed E-state index contributed by atoms with van der Waals surface area (Å²) >= 11 is 6.06. The van der Waals surface area contributed by atoms with E-state index in [-0.39, 0.29) is 41.8 Å². The highest BCUT2D eigenvalue weighted by molar-refractivity contribution is 7.89. The molecule has 31 heavy (non-hydrogen) atoms. The predicted octanol–water partition coefficient (Wildman–Crippen LogP) is 3.76. The molecule has 0 saturated carbocycles. The number of sulfonamides is 1. The summed E-state index contributed by atoms with van der Waals surface area (Å²) < 4.78 is 72.7. The van der Waals surface area contributed by atoms with E-state index in [0.717, 1.165) is 12.1 Å². The zero-order valence-electron chi connectivity index (χ0n) is 16.4. The third kappa shape index (κ3) is 4.80. The number of piperazine rings is 1. The summed E-state index contributed by atoms with van der Waals surface area (Å²) in [5.41, 5.74) is -1.27. The van der Waals surface area contributed by atoms with E-state index < -0.39 is 33.4 Å². The number of rotatable bonds is 5. The Labute approximate surface area is 183 Å². The fraction of sp³-hybridized carbons (Fsp3) is 0.350. The smallest absolute Gasteiger partial charge is 0.383 e. The Kier molecular flexibility index (Phi) is 6.81. The summed E-state index contributed by atoms with van der Waals surface area (Å²) in [5, 5.41) is 9.10. The molecule has 2 aromatic carbocycles. The fourth-order valence-electron chi connectivity index (χ4n) is 3.56. The van der Waals surface area contributed by atoms with Crippen molar-refractivity contribution in [1.82, 2.24) is 4.31 Å². The quantitative estimate of drug-likeness (QED) is 0.661. The molecule has 6 nitrogen and oxygen atoms in total. The summed E-state index contributed by atoms with van der Waals surface area (Å²) in [6, 6.07) is 10.6. The van der Waals surface area contributed by atoms with E-state index >= 15 is 0 Å². The van der Waals surface area contributed by atoms with Crippen LogP contribution in [0.5, 0.6) is 0 Å². The molecular weight excluding hydrogens is 455 g/mol. The maximum atomic E-state index is 13.4. The Morgan fingerprint density at radius 1 is 1.23 bits per heavy atom. The van der Waals surface area contributed by atoms with Crippen molar-refractivity contribution >= 4 is 27.3 Å². The van der Waals surface area contributed by atoms with Gasteiger partial charge in [-0.3, -0.25) is 0 Å². The normalized spacial score (nSPS) is 18.1. The van der Waals surface area contributed by atoms with Gasteiger partial charge in [0.1, 0.15) is 4.90 Å². The molecule has 0 spiro atoms. The molecule has 1 fully saturated rings. The molecule has 3 rings (SSSR count). The minimum atomic E-state index is -4.69. The third-order valence-corrected chi connectivity index (χ3v) is 7.38. The van der Waals surface area contributed by atoms with Crippen molar-refractivity contribution in [1.29, 1.82) is 5.26 Å². The minimum Gasteiger partial charge on any atom is -0.383 e. The van der Waals surface area contributed by atoms with Crippen LogP contribution in [0.2, 0.25) is 5.02 Å². The maximum absolute atomic E-state index is 13.4. The standard InChI is InChI=1S/C20H19ClF3N3O3S/c1-30-13-16-12-26(31(28,29)19-5-3-2-4-18(19)21)8-9-27(16)15-7-6-14(11-25)17(10-15)20(22,23)24/h2-7,10,16H,8-9,12-13H2,1H3. The van der Waals surface area contributed by atoms with Gasteiger partial charge in [-0.05, 0) is 30.3 Å². The average Bonchev–Trinajstić information content (AvgIpc) is 2.73. The highest BCUT2D eigenvalue weighted by Gasteiger charge is 2.38. The molecule has 1 atom stereocenters. The molecule has 1 saturated heterocycles. The topological polar surface area (TPSA) is 73.6 Å². The maximum Gasteiger partial charge on any atom is 0.417 e. The summed E-state index contributed by atoms with van der Waals surface area (Å²) in [6.45, 7) is 0.286. The van der Waals surface area contributed by atoms with Crippen LogP contribution in [0.15, 0.2) is 47.4 Å². The molecule has 1 unspecified atom stereocenters. The van der Waals surface area contributed by atoms with Crippen molar-refractivity contribution in [3.63, 3.8) is 0 Å². The molecular formula is C20H19ClF3N3O3S. The number of nitriles is 1. The van der Waals surface area contributed by atoms with Gasteiger partial charge in [-0.25, -0.2) is 8.42 Å². The second-order valence-electron chi connectivity index (χ2n) is 6.94. The third-order valence-electron chi connectivity index (χ3n) is 5.02. The lowest BCUT2D eigenvalue weighted by atomic mass is 10.0. The molecule has 1 aliphatic heterocycles. The Balaban J connectivity index is 1.93. The van der Waals surface area contributed by atoms with Crippen LogP contribution in [0.1, 0.15) is 11.1 Å². The number of nitrogens with zero attached hydrogens (tertiary/aromatic N) is 3. The number of halogens is 4. The van der Waals surface area contributed by atoms with Gasteiger partial charge in [0.2, 0.25) is 10.0 Å². The van der Waals surface area contributed by atoms with Gasteiger partial charge in [0.05, 0.1) is 34.9 Å². The predicted molar refractivity (Wildman–Crippen MR) is 109 cm³/mol. The first-order valence-corrected chi connectivity index (χ1v) is 11.0. The molecule has 11 heteroatoms. The van der Waals surface area contributed by atoms with Crippen LogP contribution in [0.3, 0.4) is 0 Å². The Morgan fingerprint density at radius 3 is 2.55 bits per heavy atom. The first-order valence-electron chi connectivity index (χ1n) is 9.21.